The summed E-state index contributed by atoms with van der Waals surface area (Å²) in [6.45, 7) is 6.33. The lowest BCUT2D eigenvalue weighted by atomic mass is 9.97. The largest absolute Gasteiger partial charge is 0.381 e. The number of nitrogens with zero attached hydrogens (tertiary/aromatic N) is 1. The molecule has 2 amide bonds. The van der Waals surface area contributed by atoms with E-state index < -0.39 is 17.7 Å². The number of nitrogens with one attached hydrogen (secondary N) is 1. The molecule has 1 heterocycles. The number of hydrogen-bond acceptors (Lipinski definition) is 4. The van der Waals surface area contributed by atoms with E-state index in [0.29, 0.717) is 45.1 Å². The number of carbonyl (C=O) groups is 3. The lowest BCUT2D eigenvalue weighted by Crippen LogP contribution is -2.49. The van der Waals surface area contributed by atoms with E-state index in [2.05, 4.69) is 5.32 Å². The molecule has 1 saturated carbocycles. The lowest BCUT2D eigenvalue weighted by molar-refractivity contribution is -0.143. The highest BCUT2D eigenvalue weighted by Crippen LogP contribution is 2.27. The van der Waals surface area contributed by atoms with Crippen LogP contribution in [0.1, 0.15) is 39.5 Å². The van der Waals surface area contributed by atoms with Gasteiger partial charge in [-0.25, -0.2) is 0 Å². The minimum Gasteiger partial charge on any atom is -0.381 e. The van der Waals surface area contributed by atoms with Gasteiger partial charge in [-0.05, 0) is 37.5 Å². The fourth-order valence-corrected chi connectivity index (χ4v) is 2.91. The molecule has 0 bridgehead atoms. The molecule has 2 atom stereocenters. The van der Waals surface area contributed by atoms with Crippen LogP contribution in [0.4, 0.5) is 0 Å². The van der Waals surface area contributed by atoms with Crippen LogP contribution < -0.4 is 5.32 Å². The molecule has 2 rings (SSSR count). The van der Waals surface area contributed by atoms with Crippen molar-refractivity contribution in [3.05, 3.63) is 0 Å². The van der Waals surface area contributed by atoms with Gasteiger partial charge >= 0.3 is 0 Å². The first-order valence-electron chi connectivity index (χ1n) is 8.62. The van der Waals surface area contributed by atoms with Crippen LogP contribution in [0.25, 0.3) is 0 Å². The standard InChI is InChI=1S/C17H28N2O4/c1-12(2)7-15(16(21)17(22)18-8-13-3-4-13)19(11-20)9-14-5-6-23-10-14/h11-15H,3-10H2,1-2H3,(H,18,22)/t14-,15?/m0/s1. The fourth-order valence-electron chi connectivity index (χ4n) is 2.91. The topological polar surface area (TPSA) is 75.7 Å². The fraction of sp³-hybridized carbons (Fsp3) is 0.824. The van der Waals surface area contributed by atoms with Crippen LogP contribution >= 0.6 is 0 Å². The van der Waals surface area contributed by atoms with E-state index in [4.69, 9.17) is 4.74 Å². The number of carbonyl (C=O) groups excluding carboxylic acids is 3. The predicted molar refractivity (Wildman–Crippen MR) is 85.7 cm³/mol. The summed E-state index contributed by atoms with van der Waals surface area (Å²) in [5.41, 5.74) is 0. The van der Waals surface area contributed by atoms with Crippen molar-refractivity contribution in [1.29, 1.82) is 0 Å². The maximum Gasteiger partial charge on any atom is 0.289 e. The molecule has 1 unspecified atom stereocenters. The van der Waals surface area contributed by atoms with Crippen molar-refractivity contribution in [2.45, 2.75) is 45.6 Å². The number of ketones is 1. The average Bonchev–Trinajstić information content (AvgIpc) is 3.22. The Morgan fingerprint density at radius 2 is 2.00 bits per heavy atom. The first-order chi connectivity index (χ1) is 11.0. The highest BCUT2D eigenvalue weighted by molar-refractivity contribution is 6.38. The molecular weight excluding hydrogens is 296 g/mol. The monoisotopic (exact) mass is 324 g/mol. The predicted octanol–water partition coefficient (Wildman–Crippen LogP) is 0.991. The Hall–Kier alpha value is -1.43. The molecule has 6 nitrogen and oxygen atoms in total. The first-order valence-corrected chi connectivity index (χ1v) is 8.62. The Labute approximate surface area is 137 Å². The van der Waals surface area contributed by atoms with Gasteiger partial charge in [0.15, 0.2) is 0 Å². The average molecular weight is 324 g/mol. The molecule has 1 saturated heterocycles. The summed E-state index contributed by atoms with van der Waals surface area (Å²) in [4.78, 5) is 37.7. The van der Waals surface area contributed by atoms with Gasteiger partial charge in [-0.1, -0.05) is 13.8 Å². The van der Waals surface area contributed by atoms with Crippen LogP contribution in [-0.4, -0.2) is 55.3 Å². The Balaban J connectivity index is 1.97. The maximum atomic E-state index is 12.5. The summed E-state index contributed by atoms with van der Waals surface area (Å²) < 4.78 is 5.34. The summed E-state index contributed by atoms with van der Waals surface area (Å²) in [5.74, 6) is -0.0600. The molecule has 2 aliphatic rings. The van der Waals surface area contributed by atoms with Crippen LogP contribution in [-0.2, 0) is 19.1 Å². The van der Waals surface area contributed by atoms with Crippen LogP contribution in [0.5, 0.6) is 0 Å². The van der Waals surface area contributed by atoms with Crippen molar-refractivity contribution in [2.24, 2.45) is 17.8 Å². The van der Waals surface area contributed by atoms with Crippen LogP contribution in [0.3, 0.4) is 0 Å². The zero-order valence-electron chi connectivity index (χ0n) is 14.1. The van der Waals surface area contributed by atoms with Gasteiger partial charge in [0.25, 0.3) is 5.91 Å². The molecule has 1 N–H and O–H groups in total. The summed E-state index contributed by atoms with van der Waals surface area (Å²) in [7, 11) is 0. The molecule has 130 valence electrons. The van der Waals surface area contributed by atoms with Gasteiger partial charge in [-0.3, -0.25) is 14.4 Å². The summed E-state index contributed by atoms with van der Waals surface area (Å²) in [5, 5.41) is 2.71. The van der Waals surface area contributed by atoms with E-state index in [1.54, 1.807) is 0 Å². The van der Waals surface area contributed by atoms with Gasteiger partial charge < -0.3 is 15.0 Å². The van der Waals surface area contributed by atoms with Crippen LogP contribution in [0.2, 0.25) is 0 Å². The third-order valence-corrected chi connectivity index (χ3v) is 4.50. The minimum absolute atomic E-state index is 0.225. The van der Waals surface area contributed by atoms with E-state index in [1.165, 1.54) is 4.90 Å². The van der Waals surface area contributed by atoms with Crippen molar-refractivity contribution < 1.29 is 19.1 Å². The molecule has 1 aliphatic carbocycles. The smallest absolute Gasteiger partial charge is 0.289 e. The van der Waals surface area contributed by atoms with E-state index in [9.17, 15) is 14.4 Å². The van der Waals surface area contributed by atoms with Crippen molar-refractivity contribution in [1.82, 2.24) is 10.2 Å². The molecule has 0 spiro atoms. The minimum atomic E-state index is -0.674. The molecule has 6 heteroatoms. The highest BCUT2D eigenvalue weighted by atomic mass is 16.5. The molecule has 2 fully saturated rings. The van der Waals surface area contributed by atoms with Gasteiger partial charge in [0, 0.05) is 25.6 Å². The quantitative estimate of drug-likeness (QED) is 0.480. The van der Waals surface area contributed by atoms with Gasteiger partial charge in [0.05, 0.1) is 6.61 Å². The molecule has 0 aromatic heterocycles. The van der Waals surface area contributed by atoms with Gasteiger partial charge in [0.2, 0.25) is 12.2 Å². The number of ether oxygens (including phenoxy) is 1. The maximum absolute atomic E-state index is 12.5. The second kappa shape index (κ2) is 8.43. The van der Waals surface area contributed by atoms with E-state index in [0.717, 1.165) is 19.3 Å². The van der Waals surface area contributed by atoms with Crippen molar-refractivity contribution in [2.75, 3.05) is 26.3 Å². The zero-order valence-corrected chi connectivity index (χ0v) is 14.1. The summed E-state index contributed by atoms with van der Waals surface area (Å²) >= 11 is 0. The third-order valence-electron chi connectivity index (χ3n) is 4.50. The number of Topliss-reactive ketones (excluding diaryl/α,β-unsaturated/α-hetero) is 1. The first kappa shape index (κ1) is 17.9. The number of rotatable bonds is 10. The van der Waals surface area contributed by atoms with Crippen LogP contribution in [0, 0.1) is 17.8 Å². The summed E-state index contributed by atoms with van der Waals surface area (Å²) in [6.07, 6.45) is 4.33. The van der Waals surface area contributed by atoms with E-state index >= 15 is 0 Å². The zero-order chi connectivity index (χ0) is 16.8. The Kier molecular flexibility index (Phi) is 6.57. The molecule has 0 aromatic rings. The Morgan fingerprint density at radius 1 is 1.26 bits per heavy atom. The Bertz CT molecular complexity index is 428. The lowest BCUT2D eigenvalue weighted by Gasteiger charge is -2.29. The molecule has 0 radical (unpaired) electrons. The molecular formula is C17H28N2O4. The molecule has 23 heavy (non-hydrogen) atoms. The van der Waals surface area contributed by atoms with Gasteiger partial charge in [-0.2, -0.15) is 0 Å². The van der Waals surface area contributed by atoms with E-state index in [1.807, 2.05) is 13.8 Å². The van der Waals surface area contributed by atoms with Gasteiger partial charge in [0.1, 0.15) is 6.04 Å². The second-order valence-corrected chi connectivity index (χ2v) is 7.19. The summed E-state index contributed by atoms with van der Waals surface area (Å²) in [6, 6.07) is -0.674. The molecule has 0 aromatic carbocycles. The highest BCUT2D eigenvalue weighted by Gasteiger charge is 2.33. The third kappa shape index (κ3) is 5.61. The second-order valence-electron chi connectivity index (χ2n) is 7.19. The molecule has 1 aliphatic heterocycles. The van der Waals surface area contributed by atoms with Crippen LogP contribution in [0.15, 0.2) is 0 Å². The van der Waals surface area contributed by atoms with E-state index in [-0.39, 0.29) is 11.8 Å². The van der Waals surface area contributed by atoms with Gasteiger partial charge in [-0.15, -0.1) is 0 Å². The Morgan fingerprint density at radius 3 is 2.52 bits per heavy atom. The van der Waals surface area contributed by atoms with Crippen molar-refractivity contribution in [3.8, 4) is 0 Å². The number of amides is 2. The SMILES string of the molecule is CC(C)CC(C(=O)C(=O)NCC1CC1)N(C=O)C[C@@H]1CCOC1. The van der Waals surface area contributed by atoms with Crippen molar-refractivity contribution >= 4 is 18.1 Å². The normalized spacial score (nSPS) is 22.0. The number of hydrogen-bond donors (Lipinski definition) is 1. The van der Waals surface area contributed by atoms with Crippen molar-refractivity contribution in [3.63, 3.8) is 0 Å².